The molecule has 1 aliphatic carbocycles. The summed E-state index contributed by atoms with van der Waals surface area (Å²) < 4.78 is 5.50. The minimum atomic E-state index is -0.243. The van der Waals surface area contributed by atoms with Crippen LogP contribution in [-0.4, -0.2) is 42.6 Å². The van der Waals surface area contributed by atoms with E-state index in [2.05, 4.69) is 4.98 Å². The Morgan fingerprint density at radius 1 is 1.58 bits per heavy atom. The van der Waals surface area contributed by atoms with Gasteiger partial charge in [-0.05, 0) is 30.9 Å². The molecule has 0 atom stereocenters. The fourth-order valence-corrected chi connectivity index (χ4v) is 1.81. The Morgan fingerprint density at radius 3 is 3.00 bits per heavy atom. The Hall–Kier alpha value is -1.33. The predicted octanol–water partition coefficient (Wildman–Crippen LogP) is 1.82. The molecule has 1 saturated carbocycles. The Morgan fingerprint density at radius 2 is 2.32 bits per heavy atom. The zero-order valence-corrected chi connectivity index (χ0v) is 11.7. The van der Waals surface area contributed by atoms with Gasteiger partial charge in [-0.2, -0.15) is 0 Å². The summed E-state index contributed by atoms with van der Waals surface area (Å²) in [5.74, 6) is 0.768. The molecule has 0 aromatic carbocycles. The SMILES string of the molecule is CN(CCOCC1CC1)C(=O)c1nc(N)ccc1Cl. The van der Waals surface area contributed by atoms with Gasteiger partial charge in [0.15, 0.2) is 0 Å². The minimum Gasteiger partial charge on any atom is -0.384 e. The number of nitrogen functional groups attached to an aromatic ring is 1. The van der Waals surface area contributed by atoms with Crippen molar-refractivity contribution in [3.05, 3.63) is 22.8 Å². The molecule has 1 fully saturated rings. The maximum atomic E-state index is 12.1. The van der Waals surface area contributed by atoms with Crippen molar-refractivity contribution in [2.24, 2.45) is 5.92 Å². The van der Waals surface area contributed by atoms with Gasteiger partial charge in [0.1, 0.15) is 11.5 Å². The lowest BCUT2D eigenvalue weighted by atomic mass is 10.3. The largest absolute Gasteiger partial charge is 0.384 e. The summed E-state index contributed by atoms with van der Waals surface area (Å²) in [6.45, 7) is 1.83. The summed E-state index contributed by atoms with van der Waals surface area (Å²) in [6.07, 6.45) is 2.52. The zero-order chi connectivity index (χ0) is 13.8. The van der Waals surface area contributed by atoms with E-state index in [1.807, 2.05) is 0 Å². The van der Waals surface area contributed by atoms with Gasteiger partial charge in [0, 0.05) is 20.2 Å². The first-order valence-corrected chi connectivity index (χ1v) is 6.71. The van der Waals surface area contributed by atoms with Gasteiger partial charge in [-0.1, -0.05) is 11.6 Å². The Kier molecular flexibility index (Phi) is 4.61. The van der Waals surface area contributed by atoms with Gasteiger partial charge < -0.3 is 15.4 Å². The number of pyridine rings is 1. The molecule has 1 heterocycles. The summed E-state index contributed by atoms with van der Waals surface area (Å²) in [4.78, 5) is 17.6. The van der Waals surface area contributed by atoms with Gasteiger partial charge in [0.05, 0.1) is 11.6 Å². The number of carbonyl (C=O) groups excluding carboxylic acids is 1. The van der Waals surface area contributed by atoms with Crippen LogP contribution in [-0.2, 0) is 4.74 Å². The number of ether oxygens (including phenoxy) is 1. The van der Waals surface area contributed by atoms with E-state index >= 15 is 0 Å². The van der Waals surface area contributed by atoms with Crippen LogP contribution in [0.15, 0.2) is 12.1 Å². The fraction of sp³-hybridized carbons (Fsp3) is 0.538. The third-order valence-electron chi connectivity index (χ3n) is 3.04. The average molecular weight is 284 g/mol. The number of carbonyl (C=O) groups is 1. The number of halogens is 1. The highest BCUT2D eigenvalue weighted by Crippen LogP contribution is 2.28. The zero-order valence-electron chi connectivity index (χ0n) is 10.9. The highest BCUT2D eigenvalue weighted by Gasteiger charge is 2.21. The molecule has 1 amide bonds. The Balaban J connectivity index is 1.84. The van der Waals surface area contributed by atoms with Crippen molar-refractivity contribution in [1.82, 2.24) is 9.88 Å². The number of hydrogen-bond donors (Lipinski definition) is 1. The second kappa shape index (κ2) is 6.21. The van der Waals surface area contributed by atoms with Crippen LogP contribution in [0.3, 0.4) is 0 Å². The molecule has 2 rings (SSSR count). The van der Waals surface area contributed by atoms with Crippen LogP contribution >= 0.6 is 11.6 Å². The molecule has 0 radical (unpaired) electrons. The lowest BCUT2D eigenvalue weighted by molar-refractivity contribution is 0.0676. The normalized spacial score (nSPS) is 14.4. The first-order chi connectivity index (χ1) is 9.08. The van der Waals surface area contributed by atoms with Crippen LogP contribution in [0.25, 0.3) is 0 Å². The molecule has 0 aliphatic heterocycles. The number of likely N-dealkylation sites (N-methyl/N-ethyl adjacent to an activating group) is 1. The van der Waals surface area contributed by atoms with Crippen molar-refractivity contribution < 1.29 is 9.53 Å². The van der Waals surface area contributed by atoms with Gasteiger partial charge in [-0.3, -0.25) is 4.79 Å². The lowest BCUT2D eigenvalue weighted by Gasteiger charge is -2.17. The third kappa shape index (κ3) is 4.08. The van der Waals surface area contributed by atoms with E-state index in [0.29, 0.717) is 18.2 Å². The van der Waals surface area contributed by atoms with Gasteiger partial charge >= 0.3 is 0 Å². The van der Waals surface area contributed by atoms with Crippen LogP contribution in [0.4, 0.5) is 5.82 Å². The first-order valence-electron chi connectivity index (χ1n) is 6.33. The maximum Gasteiger partial charge on any atom is 0.273 e. The van der Waals surface area contributed by atoms with Crippen molar-refractivity contribution in [3.63, 3.8) is 0 Å². The van der Waals surface area contributed by atoms with Gasteiger partial charge in [0.2, 0.25) is 0 Å². The highest BCUT2D eigenvalue weighted by atomic mass is 35.5. The molecule has 2 N–H and O–H groups in total. The molecule has 0 spiro atoms. The average Bonchev–Trinajstić information content (AvgIpc) is 3.20. The molecule has 0 unspecified atom stereocenters. The smallest absolute Gasteiger partial charge is 0.273 e. The molecule has 104 valence electrons. The lowest BCUT2D eigenvalue weighted by Crippen LogP contribution is -2.31. The van der Waals surface area contributed by atoms with Crippen molar-refractivity contribution in [2.75, 3.05) is 32.5 Å². The number of amides is 1. The van der Waals surface area contributed by atoms with E-state index in [0.717, 1.165) is 12.5 Å². The van der Waals surface area contributed by atoms with E-state index in [9.17, 15) is 4.79 Å². The van der Waals surface area contributed by atoms with E-state index in [-0.39, 0.29) is 17.4 Å². The van der Waals surface area contributed by atoms with E-state index < -0.39 is 0 Å². The van der Waals surface area contributed by atoms with Crippen LogP contribution in [0.5, 0.6) is 0 Å². The summed E-state index contributed by atoms with van der Waals surface area (Å²) in [6, 6.07) is 3.15. The molecule has 1 aromatic heterocycles. The van der Waals surface area contributed by atoms with E-state index in [1.54, 1.807) is 24.1 Å². The number of aromatic nitrogens is 1. The van der Waals surface area contributed by atoms with Crippen molar-refractivity contribution in [1.29, 1.82) is 0 Å². The molecule has 19 heavy (non-hydrogen) atoms. The predicted molar refractivity (Wildman–Crippen MR) is 74.2 cm³/mol. The molecule has 0 bridgehead atoms. The van der Waals surface area contributed by atoms with Gasteiger partial charge in [0.25, 0.3) is 5.91 Å². The second-order valence-electron chi connectivity index (χ2n) is 4.81. The molecular formula is C13H18ClN3O2. The standard InChI is InChI=1S/C13H18ClN3O2/c1-17(6-7-19-8-9-2-3-9)13(18)12-10(14)4-5-11(15)16-12/h4-5,9H,2-3,6-8H2,1H3,(H2,15,16). The molecule has 1 aliphatic rings. The number of anilines is 1. The van der Waals surface area contributed by atoms with Gasteiger partial charge in [-0.25, -0.2) is 4.98 Å². The highest BCUT2D eigenvalue weighted by molar-refractivity contribution is 6.33. The molecule has 6 heteroatoms. The molecule has 1 aromatic rings. The monoisotopic (exact) mass is 283 g/mol. The summed E-state index contributed by atoms with van der Waals surface area (Å²) in [5.41, 5.74) is 5.75. The van der Waals surface area contributed by atoms with Crippen LogP contribution in [0.1, 0.15) is 23.3 Å². The quantitative estimate of drug-likeness (QED) is 0.809. The minimum absolute atomic E-state index is 0.186. The maximum absolute atomic E-state index is 12.1. The number of nitrogens with zero attached hydrogens (tertiary/aromatic N) is 2. The van der Waals surface area contributed by atoms with Crippen LogP contribution in [0.2, 0.25) is 5.02 Å². The summed E-state index contributed by atoms with van der Waals surface area (Å²) in [5, 5.41) is 0.310. The second-order valence-corrected chi connectivity index (χ2v) is 5.22. The molecular weight excluding hydrogens is 266 g/mol. The van der Waals surface area contributed by atoms with Crippen LogP contribution < -0.4 is 5.73 Å². The summed E-state index contributed by atoms with van der Waals surface area (Å²) in [7, 11) is 1.70. The first kappa shape index (κ1) is 14.1. The van der Waals surface area contributed by atoms with Crippen molar-refractivity contribution in [2.45, 2.75) is 12.8 Å². The molecule has 0 saturated heterocycles. The number of rotatable bonds is 6. The van der Waals surface area contributed by atoms with Gasteiger partial charge in [-0.15, -0.1) is 0 Å². The topological polar surface area (TPSA) is 68.5 Å². The van der Waals surface area contributed by atoms with Crippen molar-refractivity contribution in [3.8, 4) is 0 Å². The summed E-state index contributed by atoms with van der Waals surface area (Å²) >= 11 is 5.95. The number of hydrogen-bond acceptors (Lipinski definition) is 4. The number of nitrogens with two attached hydrogens (primary N) is 1. The van der Waals surface area contributed by atoms with Crippen LogP contribution in [0, 0.1) is 5.92 Å². The molecule has 5 nitrogen and oxygen atoms in total. The third-order valence-corrected chi connectivity index (χ3v) is 3.34. The fourth-order valence-electron chi connectivity index (χ4n) is 1.63. The van der Waals surface area contributed by atoms with E-state index in [4.69, 9.17) is 22.1 Å². The van der Waals surface area contributed by atoms with Crippen molar-refractivity contribution >= 4 is 23.3 Å². The van der Waals surface area contributed by atoms with E-state index in [1.165, 1.54) is 12.8 Å². The Bertz CT molecular complexity index is 463. The Labute approximate surface area is 117 Å².